The molecule has 2 aromatic rings. The molecule has 21 heavy (non-hydrogen) atoms. The van der Waals surface area contributed by atoms with Crippen LogP contribution in [0.4, 0.5) is 0 Å². The summed E-state index contributed by atoms with van der Waals surface area (Å²) in [4.78, 5) is 23.4. The van der Waals surface area contributed by atoms with Gasteiger partial charge < -0.3 is 4.74 Å². The van der Waals surface area contributed by atoms with E-state index in [4.69, 9.17) is 4.74 Å². The molecule has 108 valence electrons. The Labute approximate surface area is 123 Å². The summed E-state index contributed by atoms with van der Waals surface area (Å²) in [5.74, 6) is 0.177. The van der Waals surface area contributed by atoms with Gasteiger partial charge in [0.1, 0.15) is 5.75 Å². The van der Waals surface area contributed by atoms with Gasteiger partial charge in [-0.25, -0.2) is 0 Å². The van der Waals surface area contributed by atoms with Crippen LogP contribution in [0.2, 0.25) is 0 Å². The zero-order valence-electron chi connectivity index (χ0n) is 12.1. The molecule has 0 aromatic heterocycles. The number of carbonyl (C=O) groups excluding carboxylic acids is 2. The van der Waals surface area contributed by atoms with Crippen molar-refractivity contribution in [3.8, 4) is 5.75 Å². The number of amides is 2. The highest BCUT2D eigenvalue weighted by Crippen LogP contribution is 2.33. The molecule has 1 N–H and O–H groups in total. The number of imide groups is 1. The molecule has 0 saturated carbocycles. The van der Waals surface area contributed by atoms with Crippen molar-refractivity contribution in [2.45, 2.75) is 19.3 Å². The van der Waals surface area contributed by atoms with Gasteiger partial charge in [0.25, 0.3) is 0 Å². The van der Waals surface area contributed by atoms with Crippen LogP contribution in [0.3, 0.4) is 0 Å². The summed E-state index contributed by atoms with van der Waals surface area (Å²) in [6, 6.07) is 11.9. The zero-order chi connectivity index (χ0) is 15.0. The fourth-order valence-electron chi connectivity index (χ4n) is 2.87. The molecule has 0 aliphatic carbocycles. The Balaban J connectivity index is 2.00. The number of nitrogens with one attached hydrogen (secondary N) is 1. The Hall–Kier alpha value is -2.36. The van der Waals surface area contributed by atoms with E-state index in [2.05, 4.69) is 11.4 Å². The maximum Gasteiger partial charge on any atom is 0.230 e. The number of hydrogen-bond acceptors (Lipinski definition) is 3. The van der Waals surface area contributed by atoms with Crippen molar-refractivity contribution in [3.05, 3.63) is 42.0 Å². The van der Waals surface area contributed by atoms with Gasteiger partial charge in [-0.15, -0.1) is 0 Å². The minimum atomic E-state index is -0.196. The molecular weight excluding hydrogens is 266 g/mol. The Bertz CT molecular complexity index is 723. The average Bonchev–Trinajstić information content (AvgIpc) is 2.49. The van der Waals surface area contributed by atoms with Crippen LogP contribution in [0, 0.1) is 5.92 Å². The van der Waals surface area contributed by atoms with Gasteiger partial charge in [-0.1, -0.05) is 31.2 Å². The van der Waals surface area contributed by atoms with Crippen molar-refractivity contribution in [1.82, 2.24) is 5.32 Å². The monoisotopic (exact) mass is 283 g/mol. The SMILES string of the molecule is COc1ccc2cc(C3CC(=O)NC(=O)C3C)ccc2c1. The van der Waals surface area contributed by atoms with Gasteiger partial charge in [-0.05, 0) is 28.5 Å². The van der Waals surface area contributed by atoms with Crippen LogP contribution in [0.15, 0.2) is 36.4 Å². The van der Waals surface area contributed by atoms with Gasteiger partial charge in [0.15, 0.2) is 0 Å². The first kappa shape index (κ1) is 13.6. The molecule has 1 aliphatic heterocycles. The molecule has 1 fully saturated rings. The Morgan fingerprint density at radius 2 is 1.81 bits per heavy atom. The number of carbonyl (C=O) groups is 2. The lowest BCUT2D eigenvalue weighted by Crippen LogP contribution is -2.43. The van der Waals surface area contributed by atoms with Crippen LogP contribution in [-0.4, -0.2) is 18.9 Å². The van der Waals surface area contributed by atoms with E-state index in [1.165, 1.54) is 0 Å². The van der Waals surface area contributed by atoms with E-state index in [0.29, 0.717) is 6.42 Å². The summed E-state index contributed by atoms with van der Waals surface area (Å²) in [6.45, 7) is 1.87. The summed E-state index contributed by atoms with van der Waals surface area (Å²) in [5.41, 5.74) is 1.03. The lowest BCUT2D eigenvalue weighted by molar-refractivity contribution is -0.136. The number of fused-ring (bicyclic) bond motifs is 1. The minimum absolute atomic E-state index is 0.0576. The highest BCUT2D eigenvalue weighted by molar-refractivity contribution is 5.99. The van der Waals surface area contributed by atoms with E-state index >= 15 is 0 Å². The van der Waals surface area contributed by atoms with Crippen molar-refractivity contribution in [3.63, 3.8) is 0 Å². The molecule has 1 heterocycles. The fourth-order valence-corrected chi connectivity index (χ4v) is 2.87. The molecule has 2 unspecified atom stereocenters. The van der Waals surface area contributed by atoms with Crippen LogP contribution in [0.1, 0.15) is 24.8 Å². The van der Waals surface area contributed by atoms with E-state index in [1.807, 2.05) is 37.3 Å². The third kappa shape index (κ3) is 2.49. The predicted octanol–water partition coefficient (Wildman–Crippen LogP) is 2.61. The van der Waals surface area contributed by atoms with Gasteiger partial charge in [-0.2, -0.15) is 0 Å². The van der Waals surface area contributed by atoms with Crippen molar-refractivity contribution in [2.75, 3.05) is 7.11 Å². The number of methoxy groups -OCH3 is 1. The number of hydrogen-bond donors (Lipinski definition) is 1. The van der Waals surface area contributed by atoms with Crippen LogP contribution in [-0.2, 0) is 9.59 Å². The number of rotatable bonds is 2. The molecule has 1 saturated heterocycles. The van der Waals surface area contributed by atoms with Crippen LogP contribution in [0.5, 0.6) is 5.75 Å². The van der Waals surface area contributed by atoms with Crippen molar-refractivity contribution >= 4 is 22.6 Å². The first-order valence-electron chi connectivity index (χ1n) is 7.00. The van der Waals surface area contributed by atoms with Crippen LogP contribution in [0.25, 0.3) is 10.8 Å². The molecular formula is C17H17NO3. The van der Waals surface area contributed by atoms with Crippen LogP contribution < -0.4 is 10.1 Å². The summed E-state index contributed by atoms with van der Waals surface area (Å²) >= 11 is 0. The van der Waals surface area contributed by atoms with Gasteiger partial charge in [0.05, 0.1) is 7.11 Å². The molecule has 4 nitrogen and oxygen atoms in total. The maximum absolute atomic E-state index is 11.8. The zero-order valence-corrected chi connectivity index (χ0v) is 12.1. The topological polar surface area (TPSA) is 55.4 Å². The second-order valence-electron chi connectivity index (χ2n) is 5.48. The van der Waals surface area contributed by atoms with Gasteiger partial charge >= 0.3 is 0 Å². The second kappa shape index (κ2) is 5.20. The number of piperidine rings is 1. The molecule has 2 amide bonds. The molecule has 4 heteroatoms. The van der Waals surface area contributed by atoms with E-state index in [1.54, 1.807) is 7.11 Å². The fraction of sp³-hybridized carbons (Fsp3) is 0.294. The van der Waals surface area contributed by atoms with Crippen LogP contribution >= 0.6 is 0 Å². The number of benzene rings is 2. The Morgan fingerprint density at radius 3 is 2.57 bits per heavy atom. The second-order valence-corrected chi connectivity index (χ2v) is 5.48. The normalized spacial score (nSPS) is 22.2. The van der Waals surface area contributed by atoms with E-state index in [0.717, 1.165) is 22.1 Å². The quantitative estimate of drug-likeness (QED) is 0.862. The summed E-state index contributed by atoms with van der Waals surface area (Å²) in [6.07, 6.45) is 0.356. The Morgan fingerprint density at radius 1 is 1.10 bits per heavy atom. The highest BCUT2D eigenvalue weighted by Gasteiger charge is 2.33. The molecule has 1 aliphatic rings. The molecule has 2 aromatic carbocycles. The van der Waals surface area contributed by atoms with Crippen molar-refractivity contribution in [1.29, 1.82) is 0 Å². The lowest BCUT2D eigenvalue weighted by atomic mass is 9.81. The molecule has 0 radical (unpaired) electrons. The first-order chi connectivity index (χ1) is 10.1. The Kier molecular flexibility index (Phi) is 3.37. The van der Waals surface area contributed by atoms with Gasteiger partial charge in [0, 0.05) is 18.3 Å². The summed E-state index contributed by atoms with van der Waals surface area (Å²) in [7, 11) is 1.64. The molecule has 0 bridgehead atoms. The van der Waals surface area contributed by atoms with Gasteiger partial charge in [-0.3, -0.25) is 14.9 Å². The largest absolute Gasteiger partial charge is 0.497 e. The lowest BCUT2D eigenvalue weighted by Gasteiger charge is -2.27. The van der Waals surface area contributed by atoms with E-state index in [-0.39, 0.29) is 23.7 Å². The first-order valence-corrected chi connectivity index (χ1v) is 7.00. The predicted molar refractivity (Wildman–Crippen MR) is 80.2 cm³/mol. The smallest absolute Gasteiger partial charge is 0.230 e. The molecule has 0 spiro atoms. The minimum Gasteiger partial charge on any atom is -0.497 e. The molecule has 2 atom stereocenters. The summed E-state index contributed by atoms with van der Waals surface area (Å²) < 4.78 is 5.22. The number of ether oxygens (including phenoxy) is 1. The maximum atomic E-state index is 11.8. The summed E-state index contributed by atoms with van der Waals surface area (Å²) in [5, 5.41) is 4.55. The van der Waals surface area contributed by atoms with E-state index in [9.17, 15) is 9.59 Å². The highest BCUT2D eigenvalue weighted by atomic mass is 16.5. The van der Waals surface area contributed by atoms with Crippen molar-refractivity contribution < 1.29 is 14.3 Å². The standard InChI is InChI=1S/C17H17NO3/c1-10-15(9-16(19)18-17(10)20)13-4-3-12-8-14(21-2)6-5-11(12)7-13/h3-8,10,15H,9H2,1-2H3,(H,18,19,20). The molecule has 3 rings (SSSR count). The third-order valence-corrected chi connectivity index (χ3v) is 4.18. The average molecular weight is 283 g/mol. The van der Waals surface area contributed by atoms with Crippen molar-refractivity contribution in [2.24, 2.45) is 5.92 Å². The third-order valence-electron chi connectivity index (χ3n) is 4.18. The van der Waals surface area contributed by atoms with Gasteiger partial charge in [0.2, 0.25) is 11.8 Å². The van der Waals surface area contributed by atoms with E-state index < -0.39 is 0 Å².